The van der Waals surface area contributed by atoms with Crippen molar-refractivity contribution in [2.24, 2.45) is 0 Å². The molecule has 21 heavy (non-hydrogen) atoms. The number of hydrogen-bond donors (Lipinski definition) is 2. The number of nitrogens with one attached hydrogen (secondary N) is 1. The first-order chi connectivity index (χ1) is 9.93. The zero-order chi connectivity index (χ0) is 15.6. The highest BCUT2D eigenvalue weighted by molar-refractivity contribution is 5.93. The molecule has 2 aromatic rings. The van der Waals surface area contributed by atoms with E-state index in [0.29, 0.717) is 12.1 Å². The van der Waals surface area contributed by atoms with Crippen LogP contribution in [0.25, 0.3) is 0 Å². The van der Waals surface area contributed by atoms with Crippen molar-refractivity contribution in [3.05, 3.63) is 46.5 Å². The van der Waals surface area contributed by atoms with Gasteiger partial charge in [-0.15, -0.1) is 0 Å². The summed E-state index contributed by atoms with van der Waals surface area (Å²) in [4.78, 5) is 11.9. The van der Waals surface area contributed by atoms with Gasteiger partial charge in [-0.2, -0.15) is 0 Å². The van der Waals surface area contributed by atoms with Gasteiger partial charge < -0.3 is 10.4 Å². The van der Waals surface area contributed by atoms with Gasteiger partial charge in [0.05, 0.1) is 12.6 Å². The Morgan fingerprint density at radius 2 is 1.95 bits per heavy atom. The molecule has 112 valence electrons. The van der Waals surface area contributed by atoms with E-state index in [1.165, 1.54) is 6.92 Å². The van der Waals surface area contributed by atoms with Crippen LogP contribution in [0, 0.1) is 24.4 Å². The van der Waals surface area contributed by atoms with Gasteiger partial charge in [0, 0.05) is 0 Å². The zero-order valence-corrected chi connectivity index (χ0v) is 10.7. The highest BCUT2D eigenvalue weighted by Crippen LogP contribution is 2.19. The lowest BCUT2D eigenvalue weighted by Crippen LogP contribution is -2.31. The third-order valence-electron chi connectivity index (χ3n) is 2.76. The second-order valence-corrected chi connectivity index (χ2v) is 4.21. The van der Waals surface area contributed by atoms with Crippen molar-refractivity contribution in [2.45, 2.75) is 13.0 Å². The summed E-state index contributed by atoms with van der Waals surface area (Å²) in [7, 11) is 0. The third kappa shape index (κ3) is 3.02. The summed E-state index contributed by atoms with van der Waals surface area (Å²) < 4.78 is 43.6. The molecule has 0 bridgehead atoms. The van der Waals surface area contributed by atoms with Crippen molar-refractivity contribution < 1.29 is 27.7 Å². The third-order valence-corrected chi connectivity index (χ3v) is 2.76. The SMILES string of the molecule is Cc1nonc1C(=O)NC(CO)c1cc(F)c(F)c(F)c1. The van der Waals surface area contributed by atoms with Crippen LogP contribution >= 0.6 is 0 Å². The van der Waals surface area contributed by atoms with Gasteiger partial charge in [0.1, 0.15) is 5.69 Å². The molecule has 0 fully saturated rings. The van der Waals surface area contributed by atoms with Crippen molar-refractivity contribution >= 4 is 5.91 Å². The largest absolute Gasteiger partial charge is 0.394 e. The normalized spacial score (nSPS) is 12.2. The van der Waals surface area contributed by atoms with E-state index >= 15 is 0 Å². The van der Waals surface area contributed by atoms with E-state index in [0.717, 1.165) is 0 Å². The summed E-state index contributed by atoms with van der Waals surface area (Å²) in [5.74, 6) is -5.22. The highest BCUT2D eigenvalue weighted by Gasteiger charge is 2.22. The first-order valence-corrected chi connectivity index (χ1v) is 5.79. The van der Waals surface area contributed by atoms with Crippen LogP contribution in [0.15, 0.2) is 16.8 Å². The molecule has 1 atom stereocenters. The molecule has 6 nitrogen and oxygen atoms in total. The zero-order valence-electron chi connectivity index (χ0n) is 10.7. The van der Waals surface area contributed by atoms with E-state index in [1.807, 2.05) is 0 Å². The minimum Gasteiger partial charge on any atom is -0.394 e. The van der Waals surface area contributed by atoms with E-state index < -0.39 is 36.0 Å². The molecule has 1 amide bonds. The molecule has 0 aliphatic rings. The van der Waals surface area contributed by atoms with Crippen LogP contribution in [-0.2, 0) is 0 Å². The van der Waals surface area contributed by atoms with E-state index in [2.05, 4.69) is 20.3 Å². The number of aromatic nitrogens is 2. The average Bonchev–Trinajstić information content (AvgIpc) is 2.87. The standard InChI is InChI=1S/C12H10F3N3O3/c1-5-11(18-21-17-5)12(20)16-9(4-19)6-2-7(13)10(15)8(14)3-6/h2-3,9,19H,4H2,1H3,(H,16,20). The van der Waals surface area contributed by atoms with Crippen LogP contribution in [0.1, 0.15) is 27.8 Å². The number of rotatable bonds is 4. The summed E-state index contributed by atoms with van der Waals surface area (Å²) in [6, 6.07) is 0.235. The summed E-state index contributed by atoms with van der Waals surface area (Å²) in [6.45, 7) is 0.817. The number of aliphatic hydroxyl groups is 1. The van der Waals surface area contributed by atoms with Crippen molar-refractivity contribution in [2.75, 3.05) is 6.61 Å². The first kappa shape index (κ1) is 15.0. The molecule has 1 aromatic heterocycles. The molecule has 0 radical (unpaired) electrons. The highest BCUT2D eigenvalue weighted by atomic mass is 19.2. The Morgan fingerprint density at radius 1 is 1.33 bits per heavy atom. The number of carbonyl (C=O) groups is 1. The van der Waals surface area contributed by atoms with Crippen molar-refractivity contribution in [3.63, 3.8) is 0 Å². The average molecular weight is 301 g/mol. The maximum absolute atomic E-state index is 13.2. The van der Waals surface area contributed by atoms with Crippen molar-refractivity contribution in [1.82, 2.24) is 15.6 Å². The monoisotopic (exact) mass is 301 g/mol. The maximum atomic E-state index is 13.2. The fourth-order valence-corrected chi connectivity index (χ4v) is 1.67. The van der Waals surface area contributed by atoms with Crippen LogP contribution in [-0.4, -0.2) is 27.9 Å². The minimum absolute atomic E-state index is 0.128. The molecule has 0 saturated carbocycles. The van der Waals surface area contributed by atoms with Crippen LogP contribution < -0.4 is 5.32 Å². The molecule has 2 rings (SSSR count). The number of aryl methyl sites for hydroxylation is 1. The van der Waals surface area contributed by atoms with Gasteiger partial charge >= 0.3 is 0 Å². The maximum Gasteiger partial charge on any atom is 0.276 e. The molecule has 1 heterocycles. The van der Waals surface area contributed by atoms with Crippen molar-refractivity contribution in [1.29, 1.82) is 0 Å². The molecule has 1 aromatic carbocycles. The number of hydrogen-bond acceptors (Lipinski definition) is 5. The molecule has 0 aliphatic carbocycles. The van der Waals surface area contributed by atoms with Gasteiger partial charge in [0.2, 0.25) is 0 Å². The van der Waals surface area contributed by atoms with Gasteiger partial charge in [-0.3, -0.25) is 4.79 Å². The Balaban J connectivity index is 2.25. The second-order valence-electron chi connectivity index (χ2n) is 4.21. The van der Waals surface area contributed by atoms with Gasteiger partial charge in [-0.1, -0.05) is 5.16 Å². The lowest BCUT2D eigenvalue weighted by Gasteiger charge is -2.16. The Bertz CT molecular complexity index is 652. The number of aliphatic hydroxyl groups excluding tert-OH is 1. The number of amides is 1. The van der Waals surface area contributed by atoms with Gasteiger partial charge in [0.15, 0.2) is 23.1 Å². The molecule has 0 saturated heterocycles. The van der Waals surface area contributed by atoms with Crippen molar-refractivity contribution in [3.8, 4) is 0 Å². The number of benzene rings is 1. The summed E-state index contributed by atoms with van der Waals surface area (Å²) >= 11 is 0. The molecule has 1 unspecified atom stereocenters. The van der Waals surface area contributed by atoms with Crippen LogP contribution in [0.2, 0.25) is 0 Å². The molecule has 9 heteroatoms. The Kier molecular flexibility index (Phi) is 4.22. The minimum atomic E-state index is -1.63. The van der Waals surface area contributed by atoms with E-state index in [9.17, 15) is 23.1 Å². The second kappa shape index (κ2) is 5.92. The van der Waals surface area contributed by atoms with Crippen LogP contribution in [0.5, 0.6) is 0 Å². The summed E-state index contributed by atoms with van der Waals surface area (Å²) in [6.07, 6.45) is 0. The lowest BCUT2D eigenvalue weighted by molar-refractivity contribution is 0.0905. The fraction of sp³-hybridized carbons (Fsp3) is 0.250. The quantitative estimate of drug-likeness (QED) is 0.830. The number of carbonyl (C=O) groups excluding carboxylic acids is 1. The predicted molar refractivity (Wildman–Crippen MR) is 62.6 cm³/mol. The molecular formula is C12H10F3N3O3. The van der Waals surface area contributed by atoms with Crippen LogP contribution in [0.4, 0.5) is 13.2 Å². The Morgan fingerprint density at radius 3 is 2.43 bits per heavy atom. The Labute approximate surface area is 116 Å². The van der Waals surface area contributed by atoms with E-state index in [1.54, 1.807) is 0 Å². The topological polar surface area (TPSA) is 88.2 Å². The smallest absolute Gasteiger partial charge is 0.276 e. The molecule has 2 N–H and O–H groups in total. The number of nitrogens with zero attached hydrogens (tertiary/aromatic N) is 2. The van der Waals surface area contributed by atoms with E-state index in [4.69, 9.17) is 0 Å². The van der Waals surface area contributed by atoms with Gasteiger partial charge in [-0.05, 0) is 29.8 Å². The summed E-state index contributed by atoms with van der Waals surface area (Å²) in [5.41, 5.74) is -0.0477. The van der Waals surface area contributed by atoms with Crippen LogP contribution in [0.3, 0.4) is 0 Å². The summed E-state index contributed by atoms with van der Waals surface area (Å²) in [5, 5.41) is 18.3. The molecule has 0 aliphatic heterocycles. The van der Waals surface area contributed by atoms with E-state index in [-0.39, 0.29) is 17.0 Å². The van der Waals surface area contributed by atoms with Gasteiger partial charge in [-0.25, -0.2) is 17.8 Å². The fourth-order valence-electron chi connectivity index (χ4n) is 1.67. The molecular weight excluding hydrogens is 291 g/mol. The first-order valence-electron chi connectivity index (χ1n) is 5.79. The lowest BCUT2D eigenvalue weighted by atomic mass is 10.1. The Hall–Kier alpha value is -2.42. The predicted octanol–water partition coefficient (Wildman–Crippen LogP) is 1.26. The number of halogens is 3. The molecule has 0 spiro atoms. The van der Waals surface area contributed by atoms with Gasteiger partial charge in [0.25, 0.3) is 5.91 Å².